The SMILES string of the molecule is CCOC(=O)C1(CBr)C(C(C)=O)=CN(Cc2ccccc2)c2c(C#N)cnn21. The molecule has 1 aliphatic heterocycles. The number of nitriles is 1. The smallest absolute Gasteiger partial charge is 0.339 e. The predicted octanol–water partition coefficient (Wildman–Crippen LogP) is 2.90. The van der Waals surface area contributed by atoms with Crippen molar-refractivity contribution >= 4 is 33.5 Å². The van der Waals surface area contributed by atoms with Crippen LogP contribution in [-0.2, 0) is 26.4 Å². The molecule has 0 saturated carbocycles. The van der Waals surface area contributed by atoms with E-state index in [1.54, 1.807) is 18.0 Å². The molecule has 3 rings (SSSR count). The topological polar surface area (TPSA) is 88.2 Å². The van der Waals surface area contributed by atoms with Gasteiger partial charge in [-0.15, -0.1) is 0 Å². The van der Waals surface area contributed by atoms with Gasteiger partial charge in [0.2, 0.25) is 5.54 Å². The molecule has 2 aromatic rings. The number of ether oxygens (including phenoxy) is 1. The molecule has 0 amide bonds. The fraction of sp³-hybridized carbons (Fsp3) is 0.300. The van der Waals surface area contributed by atoms with Gasteiger partial charge in [0.05, 0.1) is 18.4 Å². The number of fused-ring (bicyclic) bond motifs is 1. The molecule has 0 radical (unpaired) electrons. The second kappa shape index (κ2) is 7.98. The average molecular weight is 443 g/mol. The van der Waals surface area contributed by atoms with Crippen LogP contribution in [0, 0.1) is 11.3 Å². The molecule has 8 heteroatoms. The van der Waals surface area contributed by atoms with E-state index in [-0.39, 0.29) is 23.3 Å². The summed E-state index contributed by atoms with van der Waals surface area (Å²) < 4.78 is 6.71. The Morgan fingerprint density at radius 3 is 2.61 bits per heavy atom. The summed E-state index contributed by atoms with van der Waals surface area (Å²) in [5.41, 5.74) is 0.0726. The Hall–Kier alpha value is -2.92. The summed E-state index contributed by atoms with van der Waals surface area (Å²) >= 11 is 3.38. The third kappa shape index (κ3) is 3.12. The Balaban J connectivity index is 2.23. The number of alkyl halides is 1. The number of halogens is 1. The van der Waals surface area contributed by atoms with Crippen LogP contribution in [0.5, 0.6) is 0 Å². The first kappa shape index (κ1) is 19.8. The van der Waals surface area contributed by atoms with Gasteiger partial charge in [0.15, 0.2) is 11.6 Å². The maximum absolute atomic E-state index is 13.0. The van der Waals surface area contributed by atoms with Crippen LogP contribution in [0.25, 0.3) is 0 Å². The molecule has 2 heterocycles. The normalized spacial score (nSPS) is 18.1. The van der Waals surface area contributed by atoms with Crippen LogP contribution in [0.1, 0.15) is 25.0 Å². The highest BCUT2D eigenvalue weighted by molar-refractivity contribution is 9.09. The van der Waals surface area contributed by atoms with Gasteiger partial charge in [0.1, 0.15) is 11.6 Å². The monoisotopic (exact) mass is 442 g/mol. The molecule has 1 aromatic heterocycles. The minimum atomic E-state index is -1.47. The van der Waals surface area contributed by atoms with Crippen molar-refractivity contribution in [1.29, 1.82) is 5.26 Å². The molecule has 0 bridgehead atoms. The van der Waals surface area contributed by atoms with Crippen molar-refractivity contribution in [3.63, 3.8) is 0 Å². The molecule has 1 aliphatic rings. The van der Waals surface area contributed by atoms with Gasteiger partial charge in [-0.05, 0) is 19.4 Å². The third-order valence-electron chi connectivity index (χ3n) is 4.61. The molecule has 1 aromatic carbocycles. The molecule has 144 valence electrons. The van der Waals surface area contributed by atoms with Crippen LogP contribution in [0.3, 0.4) is 0 Å². The molecule has 28 heavy (non-hydrogen) atoms. The lowest BCUT2D eigenvalue weighted by Crippen LogP contribution is -2.52. The summed E-state index contributed by atoms with van der Waals surface area (Å²) in [5.74, 6) is -0.421. The summed E-state index contributed by atoms with van der Waals surface area (Å²) in [4.78, 5) is 27.3. The Bertz CT molecular complexity index is 977. The molecule has 7 nitrogen and oxygen atoms in total. The highest BCUT2D eigenvalue weighted by Crippen LogP contribution is 2.41. The fourth-order valence-electron chi connectivity index (χ4n) is 3.33. The van der Waals surface area contributed by atoms with Gasteiger partial charge in [-0.25, -0.2) is 9.48 Å². The fourth-order valence-corrected chi connectivity index (χ4v) is 4.10. The minimum Gasteiger partial charge on any atom is -0.464 e. The number of carbonyl (C=O) groups excluding carboxylic acids is 2. The van der Waals surface area contributed by atoms with E-state index in [4.69, 9.17) is 4.74 Å². The molecule has 0 aliphatic carbocycles. The highest BCUT2D eigenvalue weighted by atomic mass is 79.9. The van der Waals surface area contributed by atoms with Crippen LogP contribution in [0.4, 0.5) is 5.82 Å². The van der Waals surface area contributed by atoms with Gasteiger partial charge in [-0.1, -0.05) is 46.3 Å². The summed E-state index contributed by atoms with van der Waals surface area (Å²) in [6, 6.07) is 11.8. The van der Waals surface area contributed by atoms with E-state index in [2.05, 4.69) is 27.1 Å². The Kier molecular flexibility index (Phi) is 5.66. The molecule has 0 N–H and O–H groups in total. The van der Waals surface area contributed by atoms with Crippen molar-refractivity contribution in [3.05, 3.63) is 59.4 Å². The first-order chi connectivity index (χ1) is 13.5. The number of hydrogen-bond acceptors (Lipinski definition) is 6. The number of carbonyl (C=O) groups is 2. The highest BCUT2D eigenvalue weighted by Gasteiger charge is 2.52. The Morgan fingerprint density at radius 2 is 2.04 bits per heavy atom. The quantitative estimate of drug-likeness (QED) is 0.504. The van der Waals surface area contributed by atoms with E-state index in [1.165, 1.54) is 17.8 Å². The van der Waals surface area contributed by atoms with E-state index in [0.717, 1.165) is 5.56 Å². The number of esters is 1. The number of Topliss-reactive ketones (excluding diaryl/α,β-unsaturated/α-hetero) is 1. The van der Waals surface area contributed by atoms with Gasteiger partial charge in [0.25, 0.3) is 0 Å². The summed E-state index contributed by atoms with van der Waals surface area (Å²) in [5, 5.41) is 14.0. The summed E-state index contributed by atoms with van der Waals surface area (Å²) in [6.45, 7) is 3.68. The standard InChI is InChI=1S/C20H19BrN4O3/c1-3-28-19(27)20(13-21)17(14(2)26)12-24(11-15-7-5-4-6-8-15)18-16(9-22)10-23-25(18)20/h4-8,10,12H,3,11,13H2,1-2H3. The number of nitrogens with zero attached hydrogens (tertiary/aromatic N) is 4. The van der Waals surface area contributed by atoms with E-state index in [9.17, 15) is 14.9 Å². The maximum Gasteiger partial charge on any atom is 0.339 e. The zero-order valence-electron chi connectivity index (χ0n) is 15.6. The van der Waals surface area contributed by atoms with E-state index in [1.807, 2.05) is 30.3 Å². The van der Waals surface area contributed by atoms with E-state index < -0.39 is 11.5 Å². The molecule has 1 unspecified atom stereocenters. The van der Waals surface area contributed by atoms with Crippen molar-refractivity contribution in [3.8, 4) is 6.07 Å². The van der Waals surface area contributed by atoms with Crippen LogP contribution in [0.15, 0.2) is 48.3 Å². The first-order valence-corrected chi connectivity index (χ1v) is 9.87. The maximum atomic E-state index is 13.0. The van der Waals surface area contributed by atoms with Crippen molar-refractivity contribution < 1.29 is 14.3 Å². The van der Waals surface area contributed by atoms with Crippen LogP contribution < -0.4 is 4.90 Å². The summed E-state index contributed by atoms with van der Waals surface area (Å²) in [7, 11) is 0. The second-order valence-electron chi connectivity index (χ2n) is 6.33. The van der Waals surface area contributed by atoms with Crippen molar-refractivity contribution in [2.75, 3.05) is 16.8 Å². The van der Waals surface area contributed by atoms with E-state index >= 15 is 0 Å². The Labute approximate surface area is 171 Å². The van der Waals surface area contributed by atoms with Crippen LogP contribution in [0.2, 0.25) is 0 Å². The lowest BCUT2D eigenvalue weighted by atomic mass is 9.87. The first-order valence-electron chi connectivity index (χ1n) is 8.75. The molecular weight excluding hydrogens is 424 g/mol. The molecular formula is C20H19BrN4O3. The molecule has 1 atom stereocenters. The van der Waals surface area contributed by atoms with Gasteiger partial charge in [-0.3, -0.25) is 4.79 Å². The van der Waals surface area contributed by atoms with Gasteiger partial charge < -0.3 is 9.64 Å². The van der Waals surface area contributed by atoms with Gasteiger partial charge >= 0.3 is 5.97 Å². The third-order valence-corrected chi connectivity index (χ3v) is 5.42. The number of benzene rings is 1. The zero-order chi connectivity index (χ0) is 20.3. The Morgan fingerprint density at radius 1 is 1.32 bits per heavy atom. The zero-order valence-corrected chi connectivity index (χ0v) is 17.1. The van der Waals surface area contributed by atoms with Gasteiger partial charge in [-0.2, -0.15) is 10.4 Å². The van der Waals surface area contributed by atoms with Crippen LogP contribution in [-0.4, -0.2) is 33.5 Å². The van der Waals surface area contributed by atoms with Crippen molar-refractivity contribution in [1.82, 2.24) is 9.78 Å². The number of anilines is 1. The molecule has 0 spiro atoms. The van der Waals surface area contributed by atoms with Crippen molar-refractivity contribution in [2.24, 2.45) is 0 Å². The lowest BCUT2D eigenvalue weighted by molar-refractivity contribution is -0.152. The van der Waals surface area contributed by atoms with Crippen molar-refractivity contribution in [2.45, 2.75) is 25.9 Å². The number of aromatic nitrogens is 2. The predicted molar refractivity (Wildman–Crippen MR) is 107 cm³/mol. The van der Waals surface area contributed by atoms with E-state index in [0.29, 0.717) is 17.9 Å². The largest absolute Gasteiger partial charge is 0.464 e. The molecule has 0 fully saturated rings. The van der Waals surface area contributed by atoms with Crippen LogP contribution >= 0.6 is 15.9 Å². The lowest BCUT2D eigenvalue weighted by Gasteiger charge is -2.39. The number of ketones is 1. The van der Waals surface area contributed by atoms with Gasteiger partial charge in [0, 0.05) is 18.1 Å². The number of hydrogen-bond donors (Lipinski definition) is 0. The average Bonchev–Trinajstić information content (AvgIpc) is 3.13. The number of rotatable bonds is 6. The molecule has 0 saturated heterocycles. The summed E-state index contributed by atoms with van der Waals surface area (Å²) in [6.07, 6.45) is 3.03. The second-order valence-corrected chi connectivity index (χ2v) is 6.89. The minimum absolute atomic E-state index is 0.0863.